The topological polar surface area (TPSA) is 71.3 Å². The fourth-order valence-electron chi connectivity index (χ4n) is 3.17. The second-order valence-corrected chi connectivity index (χ2v) is 6.37. The molecule has 0 bridgehead atoms. The Hall–Kier alpha value is -1.95. The number of hydrogen-bond acceptors (Lipinski definition) is 5. The zero-order valence-corrected chi connectivity index (χ0v) is 12.9. The second-order valence-electron chi connectivity index (χ2n) is 6.37. The lowest BCUT2D eigenvalue weighted by Crippen LogP contribution is -2.52. The van der Waals surface area contributed by atoms with Gasteiger partial charge in [-0.1, -0.05) is 5.16 Å². The highest BCUT2D eigenvalue weighted by Gasteiger charge is 2.31. The van der Waals surface area contributed by atoms with Crippen molar-refractivity contribution >= 4 is 17.0 Å². The molecule has 1 aliphatic carbocycles. The van der Waals surface area contributed by atoms with Crippen LogP contribution in [0.1, 0.15) is 47.4 Å². The standard InChI is InChI=1S/C16H20N4O2/c1-9-8-17-5-6-20(9)16(21)12-7-13(11-3-4-11)18-15-14(12)10(2)19-22-15/h7,9,11,17H,3-6,8H2,1-2H3/t9-/m1/s1. The van der Waals surface area contributed by atoms with E-state index in [1.807, 2.05) is 17.9 Å². The van der Waals surface area contributed by atoms with Crippen LogP contribution in [0, 0.1) is 6.92 Å². The number of nitrogens with one attached hydrogen (secondary N) is 1. The summed E-state index contributed by atoms with van der Waals surface area (Å²) >= 11 is 0. The summed E-state index contributed by atoms with van der Waals surface area (Å²) in [5.74, 6) is 0.538. The van der Waals surface area contributed by atoms with Crippen molar-refractivity contribution in [2.45, 2.75) is 38.6 Å². The van der Waals surface area contributed by atoms with Crippen molar-refractivity contribution in [1.82, 2.24) is 20.4 Å². The molecular formula is C16H20N4O2. The predicted octanol–water partition coefficient (Wildman–Crippen LogP) is 1.84. The van der Waals surface area contributed by atoms with E-state index in [9.17, 15) is 4.79 Å². The summed E-state index contributed by atoms with van der Waals surface area (Å²) in [5.41, 5.74) is 2.89. The number of piperazine rings is 1. The third kappa shape index (κ3) is 2.18. The summed E-state index contributed by atoms with van der Waals surface area (Å²) in [7, 11) is 0. The highest BCUT2D eigenvalue weighted by Crippen LogP contribution is 2.40. The lowest BCUT2D eigenvalue weighted by molar-refractivity contribution is 0.0657. The van der Waals surface area contributed by atoms with Crippen LogP contribution in [0.15, 0.2) is 10.6 Å². The van der Waals surface area contributed by atoms with E-state index in [0.717, 1.165) is 49.2 Å². The molecule has 6 heteroatoms. The van der Waals surface area contributed by atoms with E-state index in [0.29, 0.717) is 17.2 Å². The average molecular weight is 300 g/mol. The van der Waals surface area contributed by atoms with Crippen LogP contribution in [0.5, 0.6) is 0 Å². The first kappa shape index (κ1) is 13.7. The maximum Gasteiger partial charge on any atom is 0.259 e. The van der Waals surface area contributed by atoms with E-state index in [-0.39, 0.29) is 11.9 Å². The summed E-state index contributed by atoms with van der Waals surface area (Å²) in [6.07, 6.45) is 2.28. The van der Waals surface area contributed by atoms with Gasteiger partial charge in [0.05, 0.1) is 16.6 Å². The van der Waals surface area contributed by atoms with E-state index < -0.39 is 0 Å². The SMILES string of the molecule is Cc1noc2nc(C3CC3)cc(C(=O)N3CCNC[C@H]3C)c12. The Labute approximate surface area is 128 Å². The van der Waals surface area contributed by atoms with Gasteiger partial charge in [-0.05, 0) is 32.8 Å². The second kappa shape index (κ2) is 5.05. The van der Waals surface area contributed by atoms with E-state index in [1.54, 1.807) is 0 Å². The first-order valence-corrected chi connectivity index (χ1v) is 7.93. The van der Waals surface area contributed by atoms with E-state index in [2.05, 4.69) is 22.4 Å². The molecule has 1 saturated heterocycles. The van der Waals surface area contributed by atoms with Gasteiger partial charge in [0.15, 0.2) is 0 Å². The normalized spacial score (nSPS) is 22.3. The van der Waals surface area contributed by atoms with E-state index in [4.69, 9.17) is 4.52 Å². The Morgan fingerprint density at radius 1 is 1.45 bits per heavy atom. The van der Waals surface area contributed by atoms with Gasteiger partial charge in [0.1, 0.15) is 0 Å². The fraction of sp³-hybridized carbons (Fsp3) is 0.562. The summed E-state index contributed by atoms with van der Waals surface area (Å²) < 4.78 is 5.33. The number of hydrogen-bond donors (Lipinski definition) is 1. The summed E-state index contributed by atoms with van der Waals surface area (Å²) in [5, 5.41) is 8.08. The fourth-order valence-corrected chi connectivity index (χ4v) is 3.17. The molecule has 1 aliphatic heterocycles. The summed E-state index contributed by atoms with van der Waals surface area (Å²) in [6, 6.07) is 2.15. The Bertz CT molecular complexity index is 735. The molecule has 2 aromatic rings. The van der Waals surface area contributed by atoms with Crippen molar-refractivity contribution in [1.29, 1.82) is 0 Å². The van der Waals surface area contributed by atoms with Gasteiger partial charge >= 0.3 is 0 Å². The third-order valence-electron chi connectivity index (χ3n) is 4.63. The minimum atomic E-state index is 0.0644. The molecule has 2 aliphatic rings. The molecule has 3 heterocycles. The number of fused-ring (bicyclic) bond motifs is 1. The number of rotatable bonds is 2. The zero-order valence-electron chi connectivity index (χ0n) is 12.9. The number of pyridine rings is 1. The Kier molecular flexibility index (Phi) is 3.14. The predicted molar refractivity (Wildman–Crippen MR) is 81.9 cm³/mol. The molecule has 4 rings (SSSR count). The van der Waals surface area contributed by atoms with Crippen LogP contribution in [0.3, 0.4) is 0 Å². The maximum atomic E-state index is 13.1. The van der Waals surface area contributed by atoms with Gasteiger partial charge in [-0.25, -0.2) is 4.98 Å². The molecular weight excluding hydrogens is 280 g/mol. The van der Waals surface area contributed by atoms with Crippen LogP contribution in [-0.4, -0.2) is 46.6 Å². The van der Waals surface area contributed by atoms with Gasteiger partial charge in [-0.15, -0.1) is 0 Å². The van der Waals surface area contributed by atoms with Gasteiger partial charge in [-0.3, -0.25) is 4.79 Å². The van der Waals surface area contributed by atoms with Crippen LogP contribution in [-0.2, 0) is 0 Å². The van der Waals surface area contributed by atoms with Crippen molar-refractivity contribution < 1.29 is 9.32 Å². The highest BCUT2D eigenvalue weighted by molar-refractivity contribution is 6.06. The number of aryl methyl sites for hydroxylation is 1. The van der Waals surface area contributed by atoms with Gasteiger partial charge in [0, 0.05) is 37.3 Å². The van der Waals surface area contributed by atoms with Gasteiger partial charge in [-0.2, -0.15) is 0 Å². The molecule has 0 aromatic carbocycles. The molecule has 22 heavy (non-hydrogen) atoms. The van der Waals surface area contributed by atoms with Crippen LogP contribution in [0.2, 0.25) is 0 Å². The Balaban J connectivity index is 1.81. The number of amides is 1. The van der Waals surface area contributed by atoms with Crippen LogP contribution >= 0.6 is 0 Å². The van der Waals surface area contributed by atoms with Crippen LogP contribution in [0.25, 0.3) is 11.1 Å². The molecule has 1 atom stereocenters. The Morgan fingerprint density at radius 3 is 3.00 bits per heavy atom. The van der Waals surface area contributed by atoms with Crippen molar-refractivity contribution in [3.05, 3.63) is 23.0 Å². The molecule has 0 spiro atoms. The number of carbonyl (C=O) groups is 1. The molecule has 6 nitrogen and oxygen atoms in total. The van der Waals surface area contributed by atoms with Gasteiger partial charge < -0.3 is 14.7 Å². The molecule has 116 valence electrons. The maximum absolute atomic E-state index is 13.1. The molecule has 2 fully saturated rings. The van der Waals surface area contributed by atoms with Crippen molar-refractivity contribution in [3.63, 3.8) is 0 Å². The molecule has 0 radical (unpaired) electrons. The summed E-state index contributed by atoms with van der Waals surface area (Å²) in [6.45, 7) is 6.33. The van der Waals surface area contributed by atoms with Crippen LogP contribution in [0.4, 0.5) is 0 Å². The quantitative estimate of drug-likeness (QED) is 0.916. The molecule has 1 N–H and O–H groups in total. The summed E-state index contributed by atoms with van der Waals surface area (Å²) in [4.78, 5) is 19.6. The minimum Gasteiger partial charge on any atom is -0.336 e. The first-order valence-electron chi connectivity index (χ1n) is 7.93. The van der Waals surface area contributed by atoms with Crippen LogP contribution < -0.4 is 5.32 Å². The lowest BCUT2D eigenvalue weighted by atomic mass is 10.1. The van der Waals surface area contributed by atoms with E-state index in [1.165, 1.54) is 0 Å². The van der Waals surface area contributed by atoms with Crippen molar-refractivity contribution in [2.24, 2.45) is 0 Å². The van der Waals surface area contributed by atoms with Crippen molar-refractivity contribution in [2.75, 3.05) is 19.6 Å². The smallest absolute Gasteiger partial charge is 0.259 e. The third-order valence-corrected chi connectivity index (χ3v) is 4.63. The largest absolute Gasteiger partial charge is 0.336 e. The monoisotopic (exact) mass is 300 g/mol. The zero-order chi connectivity index (χ0) is 15.3. The first-order chi connectivity index (χ1) is 10.6. The molecule has 0 unspecified atom stereocenters. The lowest BCUT2D eigenvalue weighted by Gasteiger charge is -2.34. The van der Waals surface area contributed by atoms with Crippen molar-refractivity contribution in [3.8, 4) is 0 Å². The van der Waals surface area contributed by atoms with Gasteiger partial charge in [0.25, 0.3) is 11.6 Å². The number of nitrogens with zero attached hydrogens (tertiary/aromatic N) is 3. The highest BCUT2D eigenvalue weighted by atomic mass is 16.5. The van der Waals surface area contributed by atoms with E-state index >= 15 is 0 Å². The molecule has 2 aromatic heterocycles. The average Bonchev–Trinajstić information content (AvgIpc) is 3.31. The number of carbonyl (C=O) groups excluding carboxylic acids is 1. The number of aromatic nitrogens is 2. The van der Waals surface area contributed by atoms with Gasteiger partial charge in [0.2, 0.25) is 0 Å². The Morgan fingerprint density at radius 2 is 2.27 bits per heavy atom. The molecule has 1 saturated carbocycles. The minimum absolute atomic E-state index is 0.0644. The molecule has 1 amide bonds.